The zero-order chi connectivity index (χ0) is 32.8. The lowest BCUT2D eigenvalue weighted by molar-refractivity contribution is 0.0473. The van der Waals surface area contributed by atoms with E-state index in [1.54, 1.807) is 12.4 Å². The Morgan fingerprint density at radius 3 is 2.49 bits per heavy atom. The molecule has 6 rings (SSSR count). The minimum Gasteiger partial charge on any atom is -0.457 e. The molecule has 7 heteroatoms. The Hall–Kier alpha value is -6.00. The fourth-order valence-corrected chi connectivity index (χ4v) is 5.82. The van der Waals surface area contributed by atoms with Gasteiger partial charge in [-0.2, -0.15) is 5.26 Å². The van der Waals surface area contributed by atoms with Crippen molar-refractivity contribution in [1.82, 2.24) is 14.9 Å². The van der Waals surface area contributed by atoms with Gasteiger partial charge in [-0.15, -0.1) is 0 Å². The maximum absolute atomic E-state index is 13.7. The third-order valence-corrected chi connectivity index (χ3v) is 8.26. The summed E-state index contributed by atoms with van der Waals surface area (Å²) in [6.45, 7) is 5.26. The number of ether oxygens (including phenoxy) is 1. The van der Waals surface area contributed by atoms with Gasteiger partial charge in [-0.05, 0) is 83.6 Å². The van der Waals surface area contributed by atoms with Gasteiger partial charge in [0.1, 0.15) is 6.61 Å². The number of rotatable bonds is 10. The number of pyridine rings is 1. The minimum atomic E-state index is -0.434. The number of nitriles is 1. The molecule has 0 unspecified atom stereocenters. The van der Waals surface area contributed by atoms with E-state index >= 15 is 0 Å². The van der Waals surface area contributed by atoms with Crippen molar-refractivity contribution in [2.75, 3.05) is 0 Å². The molecule has 7 nitrogen and oxygen atoms in total. The third kappa shape index (κ3) is 6.98. The van der Waals surface area contributed by atoms with Crippen LogP contribution < -0.4 is 5.32 Å². The zero-order valence-corrected chi connectivity index (χ0v) is 26.4. The Labute approximate surface area is 274 Å². The summed E-state index contributed by atoms with van der Waals surface area (Å²) in [6.07, 6.45) is 6.09. The number of carbonyl (C=O) groups is 2. The fraction of sp³-hybridized carbons (Fsp3) is 0.150. The lowest BCUT2D eigenvalue weighted by atomic mass is 9.89. The second kappa shape index (κ2) is 14.0. The van der Waals surface area contributed by atoms with Crippen LogP contribution in [-0.2, 0) is 30.9 Å². The van der Waals surface area contributed by atoms with E-state index in [-0.39, 0.29) is 12.5 Å². The van der Waals surface area contributed by atoms with Crippen LogP contribution >= 0.6 is 0 Å². The van der Waals surface area contributed by atoms with Gasteiger partial charge in [0.2, 0.25) is 0 Å². The van der Waals surface area contributed by atoms with E-state index in [1.807, 2.05) is 104 Å². The molecule has 4 aromatic carbocycles. The first-order valence-corrected chi connectivity index (χ1v) is 15.6. The van der Waals surface area contributed by atoms with Crippen molar-refractivity contribution < 1.29 is 14.3 Å². The molecule has 1 N–H and O–H groups in total. The van der Waals surface area contributed by atoms with E-state index in [0.29, 0.717) is 35.2 Å². The number of hydrogen-bond donors (Lipinski definition) is 1. The normalized spacial score (nSPS) is 10.8. The second-order valence-corrected chi connectivity index (χ2v) is 11.5. The topological polar surface area (TPSA) is 97.0 Å². The van der Waals surface area contributed by atoms with Gasteiger partial charge in [0, 0.05) is 54.6 Å². The summed E-state index contributed by atoms with van der Waals surface area (Å²) in [7, 11) is 0. The summed E-state index contributed by atoms with van der Waals surface area (Å²) in [5.41, 5.74) is 8.74. The SMILES string of the molecule is CCn1cc(Cc2ccc(C(=O)NCc3cccnc3)cc2-c2ccc(C)cc2C(=O)OCc2ccccc2)c2ccc(C#N)cc21. The lowest BCUT2D eigenvalue weighted by Crippen LogP contribution is -2.23. The number of aromatic nitrogens is 2. The number of amides is 1. The summed E-state index contributed by atoms with van der Waals surface area (Å²) in [5.74, 6) is -0.662. The molecule has 0 atom stereocenters. The highest BCUT2D eigenvalue weighted by atomic mass is 16.5. The van der Waals surface area contributed by atoms with Crippen LogP contribution in [0.3, 0.4) is 0 Å². The predicted octanol–water partition coefficient (Wildman–Crippen LogP) is 7.78. The first-order valence-electron chi connectivity index (χ1n) is 15.6. The standard InChI is InChI=1S/C40H34N4O3/c1-3-44-25-33(34-16-12-29(22-41)19-38(34)44)20-31-13-14-32(39(45)43-24-30-10-7-17-42-23-30)21-36(31)35-15-11-27(2)18-37(35)40(46)47-26-28-8-5-4-6-9-28/h4-19,21,23,25H,3,20,24,26H2,1-2H3,(H,43,45). The summed E-state index contributed by atoms with van der Waals surface area (Å²) in [4.78, 5) is 31.2. The first kappa shape index (κ1) is 31.0. The van der Waals surface area contributed by atoms with Crippen LogP contribution in [0.15, 0.2) is 116 Å². The Morgan fingerprint density at radius 1 is 0.894 bits per heavy atom. The van der Waals surface area contributed by atoms with Gasteiger partial charge < -0.3 is 14.6 Å². The number of aryl methyl sites for hydroxylation is 2. The highest BCUT2D eigenvalue weighted by Gasteiger charge is 2.20. The quantitative estimate of drug-likeness (QED) is 0.158. The number of hydrogen-bond acceptors (Lipinski definition) is 5. The molecule has 0 radical (unpaired) electrons. The molecule has 1 amide bonds. The molecule has 0 saturated carbocycles. The molecular formula is C40H34N4O3. The van der Waals surface area contributed by atoms with Crippen LogP contribution in [0.25, 0.3) is 22.0 Å². The Balaban J connectivity index is 1.41. The van der Waals surface area contributed by atoms with Crippen molar-refractivity contribution in [3.8, 4) is 17.2 Å². The van der Waals surface area contributed by atoms with Crippen molar-refractivity contribution in [1.29, 1.82) is 5.26 Å². The molecule has 0 fully saturated rings. The van der Waals surface area contributed by atoms with Crippen LogP contribution in [0, 0.1) is 18.3 Å². The molecular weight excluding hydrogens is 584 g/mol. The van der Waals surface area contributed by atoms with Crippen LogP contribution in [0.2, 0.25) is 0 Å². The molecule has 6 aromatic rings. The molecule has 0 aliphatic heterocycles. The van der Waals surface area contributed by atoms with Gasteiger partial charge in [0.25, 0.3) is 5.91 Å². The van der Waals surface area contributed by atoms with Crippen molar-refractivity contribution in [3.63, 3.8) is 0 Å². The van der Waals surface area contributed by atoms with E-state index < -0.39 is 5.97 Å². The predicted molar refractivity (Wildman–Crippen MR) is 183 cm³/mol. The zero-order valence-electron chi connectivity index (χ0n) is 26.4. The number of esters is 1. The minimum absolute atomic E-state index is 0.151. The highest BCUT2D eigenvalue weighted by Crippen LogP contribution is 2.33. The summed E-state index contributed by atoms with van der Waals surface area (Å²) in [5, 5.41) is 13.5. The average molecular weight is 619 g/mol. The van der Waals surface area contributed by atoms with E-state index in [0.717, 1.165) is 50.8 Å². The second-order valence-electron chi connectivity index (χ2n) is 11.5. The largest absolute Gasteiger partial charge is 0.457 e. The number of nitrogens with zero attached hydrogens (tertiary/aromatic N) is 3. The molecule has 2 heterocycles. The van der Waals surface area contributed by atoms with Gasteiger partial charge in [-0.3, -0.25) is 9.78 Å². The van der Waals surface area contributed by atoms with Gasteiger partial charge in [0.15, 0.2) is 0 Å². The average Bonchev–Trinajstić information content (AvgIpc) is 3.47. The molecule has 232 valence electrons. The third-order valence-electron chi connectivity index (χ3n) is 8.26. The van der Waals surface area contributed by atoms with E-state index in [4.69, 9.17) is 4.74 Å². The lowest BCUT2D eigenvalue weighted by Gasteiger charge is -2.16. The van der Waals surface area contributed by atoms with Gasteiger partial charge >= 0.3 is 5.97 Å². The van der Waals surface area contributed by atoms with Crippen LogP contribution in [0.4, 0.5) is 0 Å². The maximum atomic E-state index is 13.7. The van der Waals surface area contributed by atoms with Crippen LogP contribution in [0.5, 0.6) is 0 Å². The molecule has 0 spiro atoms. The Kier molecular flexibility index (Phi) is 9.21. The van der Waals surface area contributed by atoms with Crippen LogP contribution in [0.1, 0.15) is 61.0 Å². The van der Waals surface area contributed by atoms with E-state index in [9.17, 15) is 14.9 Å². The summed E-state index contributed by atoms with van der Waals surface area (Å²) >= 11 is 0. The summed E-state index contributed by atoms with van der Waals surface area (Å²) < 4.78 is 7.94. The van der Waals surface area contributed by atoms with Crippen molar-refractivity contribution in [2.24, 2.45) is 0 Å². The van der Waals surface area contributed by atoms with Gasteiger partial charge in [-0.1, -0.05) is 66.2 Å². The number of carbonyl (C=O) groups excluding carboxylic acids is 2. The van der Waals surface area contributed by atoms with Gasteiger partial charge in [-0.25, -0.2) is 4.79 Å². The smallest absolute Gasteiger partial charge is 0.339 e. The molecule has 0 saturated heterocycles. The van der Waals surface area contributed by atoms with Crippen molar-refractivity contribution >= 4 is 22.8 Å². The Bertz CT molecular complexity index is 2110. The molecule has 47 heavy (non-hydrogen) atoms. The van der Waals surface area contributed by atoms with E-state index in [1.165, 1.54) is 0 Å². The first-order chi connectivity index (χ1) is 22.9. The molecule has 0 aliphatic carbocycles. The van der Waals surface area contributed by atoms with Crippen molar-refractivity contribution in [2.45, 2.75) is 40.0 Å². The number of benzene rings is 4. The fourth-order valence-electron chi connectivity index (χ4n) is 5.82. The number of fused-ring (bicyclic) bond motifs is 1. The van der Waals surface area contributed by atoms with Crippen LogP contribution in [-0.4, -0.2) is 21.4 Å². The maximum Gasteiger partial charge on any atom is 0.339 e. The molecule has 2 aromatic heterocycles. The molecule has 0 aliphatic rings. The monoisotopic (exact) mass is 618 g/mol. The van der Waals surface area contributed by atoms with E-state index in [2.05, 4.69) is 34.1 Å². The molecule has 0 bridgehead atoms. The van der Waals surface area contributed by atoms with Gasteiger partial charge in [0.05, 0.1) is 17.2 Å². The summed E-state index contributed by atoms with van der Waals surface area (Å²) in [6, 6.07) is 32.7. The highest BCUT2D eigenvalue weighted by molar-refractivity contribution is 6.00. The number of nitrogens with one attached hydrogen (secondary N) is 1. The Morgan fingerprint density at radius 2 is 1.72 bits per heavy atom. The van der Waals surface area contributed by atoms with Crippen molar-refractivity contribution in [3.05, 3.63) is 160 Å².